The Morgan fingerprint density at radius 2 is 2.21 bits per heavy atom. The summed E-state index contributed by atoms with van der Waals surface area (Å²) in [5, 5.41) is 10.3. The number of benzene rings is 1. The molecule has 106 valence electrons. The molecular formula is C15H23ClN2O. The van der Waals surface area contributed by atoms with Crippen molar-refractivity contribution in [3.8, 4) is 0 Å². The minimum atomic E-state index is -0.516. The maximum absolute atomic E-state index is 9.63. The van der Waals surface area contributed by atoms with Crippen molar-refractivity contribution >= 4 is 17.3 Å². The van der Waals surface area contributed by atoms with Crippen molar-refractivity contribution in [3.05, 3.63) is 28.8 Å². The Hall–Kier alpha value is -0.770. The van der Waals surface area contributed by atoms with E-state index in [0.29, 0.717) is 11.1 Å². The van der Waals surface area contributed by atoms with Gasteiger partial charge < -0.3 is 14.9 Å². The standard InChI is InChI=1S/C15H23ClN2O/c1-11(19)14-7-6-12(9-15(14)16)18-8-4-5-13(18)10-17(2)3/h6-7,9,11,13,19H,4-5,8,10H2,1-3H3. The van der Waals surface area contributed by atoms with E-state index in [4.69, 9.17) is 11.6 Å². The van der Waals surface area contributed by atoms with E-state index in [0.717, 1.165) is 18.7 Å². The molecule has 1 heterocycles. The maximum atomic E-state index is 9.63. The molecule has 1 fully saturated rings. The largest absolute Gasteiger partial charge is 0.389 e. The minimum absolute atomic E-state index is 0.516. The Balaban J connectivity index is 2.19. The minimum Gasteiger partial charge on any atom is -0.389 e. The van der Waals surface area contributed by atoms with Gasteiger partial charge >= 0.3 is 0 Å². The number of likely N-dealkylation sites (N-methyl/N-ethyl adjacent to an activating group) is 1. The number of hydrogen-bond acceptors (Lipinski definition) is 3. The number of aliphatic hydroxyl groups excluding tert-OH is 1. The van der Waals surface area contributed by atoms with E-state index >= 15 is 0 Å². The lowest BCUT2D eigenvalue weighted by atomic mass is 10.1. The van der Waals surface area contributed by atoms with Crippen molar-refractivity contribution in [3.63, 3.8) is 0 Å². The molecule has 19 heavy (non-hydrogen) atoms. The molecule has 0 radical (unpaired) electrons. The van der Waals surface area contributed by atoms with Gasteiger partial charge in [-0.2, -0.15) is 0 Å². The molecule has 0 spiro atoms. The summed E-state index contributed by atoms with van der Waals surface area (Å²) in [6.45, 7) is 3.89. The lowest BCUT2D eigenvalue weighted by Crippen LogP contribution is -2.37. The summed E-state index contributed by atoms with van der Waals surface area (Å²) >= 11 is 6.26. The van der Waals surface area contributed by atoms with Gasteiger partial charge in [-0.25, -0.2) is 0 Å². The van der Waals surface area contributed by atoms with Crippen LogP contribution in [0.3, 0.4) is 0 Å². The molecule has 1 aromatic carbocycles. The fraction of sp³-hybridized carbons (Fsp3) is 0.600. The first-order chi connectivity index (χ1) is 8.99. The van der Waals surface area contributed by atoms with Gasteiger partial charge in [-0.1, -0.05) is 17.7 Å². The van der Waals surface area contributed by atoms with Gasteiger partial charge in [0, 0.05) is 29.8 Å². The first-order valence-electron chi connectivity index (χ1n) is 6.88. The van der Waals surface area contributed by atoms with Crippen molar-refractivity contribution in [2.24, 2.45) is 0 Å². The lowest BCUT2D eigenvalue weighted by molar-refractivity contribution is 0.199. The van der Waals surface area contributed by atoms with Crippen molar-refractivity contribution in [1.82, 2.24) is 4.90 Å². The van der Waals surface area contributed by atoms with Crippen LogP contribution < -0.4 is 4.90 Å². The van der Waals surface area contributed by atoms with E-state index < -0.39 is 6.10 Å². The van der Waals surface area contributed by atoms with E-state index in [1.807, 2.05) is 12.1 Å². The molecule has 2 rings (SSSR count). The number of rotatable bonds is 4. The average molecular weight is 283 g/mol. The first kappa shape index (κ1) is 14.6. The number of nitrogens with zero attached hydrogens (tertiary/aromatic N) is 2. The van der Waals surface area contributed by atoms with Crippen LogP contribution in [0, 0.1) is 0 Å². The normalized spacial score (nSPS) is 21.2. The Morgan fingerprint density at radius 3 is 2.79 bits per heavy atom. The lowest BCUT2D eigenvalue weighted by Gasteiger charge is -2.29. The molecule has 0 aliphatic carbocycles. The van der Waals surface area contributed by atoms with Gasteiger partial charge in [0.2, 0.25) is 0 Å². The summed E-state index contributed by atoms with van der Waals surface area (Å²) in [6.07, 6.45) is 1.94. The zero-order chi connectivity index (χ0) is 14.0. The highest BCUT2D eigenvalue weighted by Gasteiger charge is 2.25. The van der Waals surface area contributed by atoms with Gasteiger partial charge in [-0.05, 0) is 51.6 Å². The second-order valence-electron chi connectivity index (χ2n) is 5.63. The van der Waals surface area contributed by atoms with Gasteiger partial charge in [0.05, 0.1) is 6.10 Å². The Bertz CT molecular complexity index is 434. The molecule has 1 saturated heterocycles. The third kappa shape index (κ3) is 3.41. The van der Waals surface area contributed by atoms with Crippen LogP contribution in [-0.2, 0) is 0 Å². The zero-order valence-electron chi connectivity index (χ0n) is 11.9. The van der Waals surface area contributed by atoms with Crippen molar-refractivity contribution in [1.29, 1.82) is 0 Å². The van der Waals surface area contributed by atoms with E-state index in [9.17, 15) is 5.11 Å². The topological polar surface area (TPSA) is 26.7 Å². The van der Waals surface area contributed by atoms with Crippen LogP contribution in [0.1, 0.15) is 31.4 Å². The molecular weight excluding hydrogens is 260 g/mol. The van der Waals surface area contributed by atoms with Gasteiger partial charge in [-0.3, -0.25) is 0 Å². The van der Waals surface area contributed by atoms with Crippen LogP contribution in [0.5, 0.6) is 0 Å². The van der Waals surface area contributed by atoms with Crippen LogP contribution in [0.15, 0.2) is 18.2 Å². The Kier molecular flexibility index (Phi) is 4.71. The molecule has 0 aromatic heterocycles. The van der Waals surface area contributed by atoms with Crippen molar-refractivity contribution in [2.45, 2.75) is 31.9 Å². The highest BCUT2D eigenvalue weighted by molar-refractivity contribution is 6.31. The van der Waals surface area contributed by atoms with E-state index in [-0.39, 0.29) is 0 Å². The van der Waals surface area contributed by atoms with Crippen LogP contribution in [0.4, 0.5) is 5.69 Å². The highest BCUT2D eigenvalue weighted by Crippen LogP contribution is 2.31. The summed E-state index contributed by atoms with van der Waals surface area (Å²) in [7, 11) is 4.22. The number of aliphatic hydroxyl groups is 1. The molecule has 3 nitrogen and oxygen atoms in total. The van der Waals surface area contributed by atoms with E-state index in [1.165, 1.54) is 18.5 Å². The molecule has 0 bridgehead atoms. The van der Waals surface area contributed by atoms with Crippen molar-refractivity contribution in [2.75, 3.05) is 32.1 Å². The summed E-state index contributed by atoms with van der Waals surface area (Å²) in [5.74, 6) is 0. The van der Waals surface area contributed by atoms with E-state index in [2.05, 4.69) is 30.0 Å². The third-order valence-electron chi connectivity index (χ3n) is 3.72. The Morgan fingerprint density at radius 1 is 1.47 bits per heavy atom. The van der Waals surface area contributed by atoms with Gasteiger partial charge in [0.25, 0.3) is 0 Å². The molecule has 0 saturated carbocycles. The molecule has 2 atom stereocenters. The number of halogens is 1. The molecule has 4 heteroatoms. The van der Waals surface area contributed by atoms with Gasteiger partial charge in [0.1, 0.15) is 0 Å². The van der Waals surface area contributed by atoms with Crippen LogP contribution in [-0.4, -0.2) is 43.2 Å². The van der Waals surface area contributed by atoms with Gasteiger partial charge in [0.15, 0.2) is 0 Å². The molecule has 1 N–H and O–H groups in total. The summed E-state index contributed by atoms with van der Waals surface area (Å²) < 4.78 is 0. The fourth-order valence-corrected chi connectivity index (χ4v) is 3.15. The van der Waals surface area contributed by atoms with Crippen LogP contribution in [0.2, 0.25) is 5.02 Å². The summed E-state index contributed by atoms with van der Waals surface area (Å²) in [6, 6.07) is 6.55. The van der Waals surface area contributed by atoms with Gasteiger partial charge in [-0.15, -0.1) is 0 Å². The predicted octanol–water partition coefficient (Wildman–Crippen LogP) is 2.92. The Labute approximate surface area is 120 Å². The fourth-order valence-electron chi connectivity index (χ4n) is 2.82. The molecule has 1 aliphatic heterocycles. The van der Waals surface area contributed by atoms with Crippen LogP contribution >= 0.6 is 11.6 Å². The molecule has 2 unspecified atom stereocenters. The first-order valence-corrected chi connectivity index (χ1v) is 7.25. The highest BCUT2D eigenvalue weighted by atomic mass is 35.5. The zero-order valence-corrected chi connectivity index (χ0v) is 12.7. The predicted molar refractivity (Wildman–Crippen MR) is 81.0 cm³/mol. The molecule has 1 aromatic rings. The SMILES string of the molecule is CC(O)c1ccc(N2CCCC2CN(C)C)cc1Cl. The van der Waals surface area contributed by atoms with E-state index in [1.54, 1.807) is 6.92 Å². The quantitative estimate of drug-likeness (QED) is 0.920. The average Bonchev–Trinajstić information content (AvgIpc) is 2.75. The molecule has 1 aliphatic rings. The van der Waals surface area contributed by atoms with Crippen molar-refractivity contribution < 1.29 is 5.11 Å². The summed E-state index contributed by atoms with van der Waals surface area (Å²) in [5.41, 5.74) is 1.97. The van der Waals surface area contributed by atoms with Crippen LogP contribution in [0.25, 0.3) is 0 Å². The third-order valence-corrected chi connectivity index (χ3v) is 4.05. The second kappa shape index (κ2) is 6.12. The maximum Gasteiger partial charge on any atom is 0.0776 e. The number of anilines is 1. The second-order valence-corrected chi connectivity index (χ2v) is 6.04. The summed E-state index contributed by atoms with van der Waals surface area (Å²) in [4.78, 5) is 4.66. The molecule has 0 amide bonds. The smallest absolute Gasteiger partial charge is 0.0776 e. The number of hydrogen-bond donors (Lipinski definition) is 1. The monoisotopic (exact) mass is 282 g/mol.